The van der Waals surface area contributed by atoms with E-state index in [0.717, 1.165) is 35.1 Å². The molecule has 0 aromatic heterocycles. The number of fused-ring (bicyclic) bond motifs is 3. The van der Waals surface area contributed by atoms with Gasteiger partial charge in [-0.2, -0.15) is 0 Å². The summed E-state index contributed by atoms with van der Waals surface area (Å²) in [4.78, 5) is 36.4. The first-order chi connectivity index (χ1) is 16.0. The summed E-state index contributed by atoms with van der Waals surface area (Å²) in [6.45, 7) is -0.521. The summed E-state index contributed by atoms with van der Waals surface area (Å²) >= 11 is 0. The molecule has 2 aliphatic carbocycles. The first-order valence-electron chi connectivity index (χ1n) is 11.2. The Morgan fingerprint density at radius 1 is 0.970 bits per heavy atom. The van der Waals surface area contributed by atoms with E-state index in [1.54, 1.807) is 0 Å². The molecule has 2 aromatic carbocycles. The fourth-order valence-corrected chi connectivity index (χ4v) is 4.87. The van der Waals surface area contributed by atoms with E-state index in [1.165, 1.54) is 0 Å². The van der Waals surface area contributed by atoms with Gasteiger partial charge in [-0.3, -0.25) is 4.79 Å². The van der Waals surface area contributed by atoms with Crippen LogP contribution in [0.4, 0.5) is 4.79 Å². The fraction of sp³-hybridized carbons (Fsp3) is 0.400. The number of carboxylic acid groups (broad SMARTS) is 1. The number of hydrogen-bond donors (Lipinski definition) is 4. The van der Waals surface area contributed by atoms with Crippen molar-refractivity contribution in [2.45, 2.75) is 43.7 Å². The molecule has 4 N–H and O–H groups in total. The number of carbonyl (C=O) groups is 3. The molecule has 0 aliphatic heterocycles. The summed E-state index contributed by atoms with van der Waals surface area (Å²) in [5, 5.41) is 23.4. The molecule has 3 atom stereocenters. The number of rotatable bonds is 7. The summed E-state index contributed by atoms with van der Waals surface area (Å²) in [5.74, 6) is -2.43. The van der Waals surface area contributed by atoms with Crippen LogP contribution in [0.25, 0.3) is 11.1 Å². The normalized spacial score (nSPS) is 20.3. The predicted octanol–water partition coefficient (Wildman–Crippen LogP) is 2.65. The second-order valence-corrected chi connectivity index (χ2v) is 8.55. The maximum absolute atomic E-state index is 12.6. The van der Waals surface area contributed by atoms with Gasteiger partial charge in [0.25, 0.3) is 0 Å². The van der Waals surface area contributed by atoms with Crippen LogP contribution in [0.5, 0.6) is 0 Å². The molecule has 174 valence electrons. The number of aliphatic hydroxyl groups is 1. The molecule has 0 spiro atoms. The highest BCUT2D eigenvalue weighted by Crippen LogP contribution is 2.44. The molecule has 33 heavy (non-hydrogen) atoms. The van der Waals surface area contributed by atoms with Crippen molar-refractivity contribution in [2.24, 2.45) is 5.92 Å². The van der Waals surface area contributed by atoms with E-state index in [9.17, 15) is 19.5 Å². The third kappa shape index (κ3) is 4.85. The molecule has 0 unspecified atom stereocenters. The highest BCUT2D eigenvalue weighted by molar-refractivity contribution is 5.86. The van der Waals surface area contributed by atoms with Crippen LogP contribution >= 0.6 is 0 Å². The van der Waals surface area contributed by atoms with Crippen molar-refractivity contribution in [3.8, 4) is 11.1 Å². The van der Waals surface area contributed by atoms with Gasteiger partial charge in [-0.05, 0) is 35.1 Å². The minimum absolute atomic E-state index is 0.0607. The van der Waals surface area contributed by atoms with Crippen LogP contribution in [0.15, 0.2) is 48.5 Å². The molecule has 2 amide bonds. The number of benzene rings is 2. The zero-order chi connectivity index (χ0) is 23.4. The molecule has 2 aliphatic rings. The lowest BCUT2D eigenvalue weighted by Gasteiger charge is -2.31. The number of aliphatic hydroxyl groups excluding tert-OH is 1. The summed E-state index contributed by atoms with van der Waals surface area (Å²) in [6.07, 6.45) is 2.17. The summed E-state index contributed by atoms with van der Waals surface area (Å²) in [7, 11) is 0. The van der Waals surface area contributed by atoms with Crippen LogP contribution < -0.4 is 10.6 Å². The van der Waals surface area contributed by atoms with Crippen molar-refractivity contribution in [3.63, 3.8) is 0 Å². The van der Waals surface area contributed by atoms with E-state index in [1.807, 2.05) is 36.4 Å². The second kappa shape index (κ2) is 10.0. The van der Waals surface area contributed by atoms with E-state index in [-0.39, 0.29) is 12.5 Å². The SMILES string of the molecule is O=C(N[C@@H]1CCCC[C@@H]1C(=O)N[C@@H](CO)C(=O)O)OCC1c2ccccc2-c2ccccc21. The van der Waals surface area contributed by atoms with Crippen molar-refractivity contribution in [1.82, 2.24) is 10.6 Å². The predicted molar refractivity (Wildman–Crippen MR) is 121 cm³/mol. The van der Waals surface area contributed by atoms with Crippen molar-refractivity contribution >= 4 is 18.0 Å². The minimum atomic E-state index is -1.37. The summed E-state index contributed by atoms with van der Waals surface area (Å²) < 4.78 is 5.60. The number of hydrogen-bond acceptors (Lipinski definition) is 5. The second-order valence-electron chi connectivity index (χ2n) is 8.55. The Morgan fingerprint density at radius 3 is 2.18 bits per heavy atom. The average Bonchev–Trinajstić information content (AvgIpc) is 3.15. The number of amides is 2. The van der Waals surface area contributed by atoms with Crippen LogP contribution in [-0.4, -0.2) is 53.5 Å². The molecule has 8 nitrogen and oxygen atoms in total. The van der Waals surface area contributed by atoms with Gasteiger partial charge in [0.2, 0.25) is 5.91 Å². The molecule has 0 heterocycles. The van der Waals surface area contributed by atoms with Crippen LogP contribution in [0.1, 0.15) is 42.7 Å². The van der Waals surface area contributed by atoms with E-state index in [0.29, 0.717) is 12.8 Å². The lowest BCUT2D eigenvalue weighted by atomic mass is 9.83. The number of aliphatic carboxylic acids is 1. The molecule has 1 saturated carbocycles. The number of nitrogens with one attached hydrogen (secondary N) is 2. The fourth-order valence-electron chi connectivity index (χ4n) is 4.87. The number of carboxylic acids is 1. The largest absolute Gasteiger partial charge is 0.480 e. The number of ether oxygens (including phenoxy) is 1. The third-order valence-electron chi connectivity index (χ3n) is 6.55. The van der Waals surface area contributed by atoms with Gasteiger partial charge in [-0.1, -0.05) is 61.4 Å². The molecule has 1 fully saturated rings. The van der Waals surface area contributed by atoms with E-state index in [4.69, 9.17) is 9.84 Å². The van der Waals surface area contributed by atoms with Crippen molar-refractivity contribution in [3.05, 3.63) is 59.7 Å². The highest BCUT2D eigenvalue weighted by atomic mass is 16.5. The number of carbonyl (C=O) groups excluding carboxylic acids is 2. The lowest BCUT2D eigenvalue weighted by Crippen LogP contribution is -2.52. The minimum Gasteiger partial charge on any atom is -0.480 e. The average molecular weight is 453 g/mol. The maximum Gasteiger partial charge on any atom is 0.407 e. The Kier molecular flexibility index (Phi) is 6.93. The Labute approximate surface area is 192 Å². The van der Waals surface area contributed by atoms with Crippen LogP contribution in [0.3, 0.4) is 0 Å². The first-order valence-corrected chi connectivity index (χ1v) is 11.2. The van der Waals surface area contributed by atoms with Crippen LogP contribution in [-0.2, 0) is 14.3 Å². The van der Waals surface area contributed by atoms with Crippen LogP contribution in [0, 0.1) is 5.92 Å². The van der Waals surface area contributed by atoms with Gasteiger partial charge in [0.15, 0.2) is 0 Å². The van der Waals surface area contributed by atoms with Gasteiger partial charge in [0.1, 0.15) is 12.6 Å². The van der Waals surface area contributed by atoms with Gasteiger partial charge in [0, 0.05) is 12.0 Å². The van der Waals surface area contributed by atoms with E-state index in [2.05, 4.69) is 22.8 Å². The van der Waals surface area contributed by atoms with Gasteiger partial charge >= 0.3 is 12.1 Å². The monoisotopic (exact) mass is 452 g/mol. The van der Waals surface area contributed by atoms with Crippen molar-refractivity contribution in [2.75, 3.05) is 13.2 Å². The van der Waals surface area contributed by atoms with Crippen LogP contribution in [0.2, 0.25) is 0 Å². The molecule has 4 rings (SSSR count). The Morgan fingerprint density at radius 2 is 1.58 bits per heavy atom. The summed E-state index contributed by atoms with van der Waals surface area (Å²) in [5.41, 5.74) is 4.52. The topological polar surface area (TPSA) is 125 Å². The summed E-state index contributed by atoms with van der Waals surface area (Å²) in [6, 6.07) is 14.3. The zero-order valence-electron chi connectivity index (χ0n) is 18.2. The Bertz CT molecular complexity index is 994. The molecular formula is C25H28N2O6. The van der Waals surface area contributed by atoms with E-state index >= 15 is 0 Å². The molecule has 8 heteroatoms. The Balaban J connectivity index is 1.39. The molecular weight excluding hydrogens is 424 g/mol. The Hall–Kier alpha value is -3.39. The van der Waals surface area contributed by atoms with E-state index < -0.39 is 42.6 Å². The van der Waals surface area contributed by atoms with Crippen molar-refractivity contribution in [1.29, 1.82) is 0 Å². The van der Waals surface area contributed by atoms with Gasteiger partial charge in [0.05, 0.1) is 12.5 Å². The van der Waals surface area contributed by atoms with Crippen molar-refractivity contribution < 1.29 is 29.3 Å². The van der Waals surface area contributed by atoms with Gasteiger partial charge < -0.3 is 25.6 Å². The maximum atomic E-state index is 12.6. The first kappa shape index (κ1) is 22.8. The smallest absolute Gasteiger partial charge is 0.407 e. The molecule has 0 radical (unpaired) electrons. The van der Waals surface area contributed by atoms with Gasteiger partial charge in [-0.25, -0.2) is 9.59 Å². The zero-order valence-corrected chi connectivity index (χ0v) is 18.2. The quantitative estimate of drug-likeness (QED) is 0.512. The molecule has 0 bridgehead atoms. The third-order valence-corrected chi connectivity index (χ3v) is 6.55. The van der Waals surface area contributed by atoms with Gasteiger partial charge in [-0.15, -0.1) is 0 Å². The standard InChI is InChI=1S/C25H28N2O6/c28-13-22(24(30)31)26-23(29)19-11-5-6-12-21(19)27-25(32)33-14-20-17-9-3-1-7-15(17)16-8-2-4-10-18(16)20/h1-4,7-10,19-22,28H,5-6,11-14H2,(H,26,29)(H,27,32)(H,30,31)/t19-,21+,22-/m0/s1. The lowest BCUT2D eigenvalue weighted by molar-refractivity contribution is -0.144. The highest BCUT2D eigenvalue weighted by Gasteiger charge is 2.35. The number of alkyl carbamates (subject to hydrolysis) is 1. The molecule has 2 aromatic rings. The molecule has 0 saturated heterocycles.